The normalized spacial score (nSPS) is 15.4. The average Bonchev–Trinajstić information content (AvgIpc) is 3.30. The summed E-state index contributed by atoms with van der Waals surface area (Å²) < 4.78 is 40.0. The lowest BCUT2D eigenvalue weighted by Crippen LogP contribution is -2.47. The molecule has 1 amide bonds. The SMILES string of the molecule is O=C(NC(Cc1cn(Cc2ccccc2)cn1)C(=O)O)C1CCN(c2cccc(SC(F)(F)F)c2)CC1. The predicted molar refractivity (Wildman–Crippen MR) is 134 cm³/mol. The van der Waals surface area contributed by atoms with Gasteiger partial charge in [0.05, 0.1) is 12.0 Å². The number of anilines is 1. The summed E-state index contributed by atoms with van der Waals surface area (Å²) in [6.07, 6.45) is 4.42. The highest BCUT2D eigenvalue weighted by Gasteiger charge is 2.31. The van der Waals surface area contributed by atoms with E-state index in [0.717, 1.165) is 5.56 Å². The van der Waals surface area contributed by atoms with Gasteiger partial charge in [0.25, 0.3) is 0 Å². The number of carbonyl (C=O) groups is 2. The van der Waals surface area contributed by atoms with E-state index in [-0.39, 0.29) is 34.9 Å². The lowest BCUT2D eigenvalue weighted by Gasteiger charge is -2.33. The van der Waals surface area contributed by atoms with Crippen molar-refractivity contribution in [1.82, 2.24) is 14.9 Å². The third-order valence-electron chi connectivity index (χ3n) is 6.20. The zero-order valence-corrected chi connectivity index (χ0v) is 20.7. The first-order chi connectivity index (χ1) is 17.7. The second-order valence-corrected chi connectivity index (χ2v) is 10.1. The minimum atomic E-state index is -4.36. The molecule has 2 heterocycles. The van der Waals surface area contributed by atoms with Gasteiger partial charge in [0.2, 0.25) is 5.91 Å². The zero-order valence-electron chi connectivity index (χ0n) is 19.9. The largest absolute Gasteiger partial charge is 0.480 e. The Morgan fingerprint density at radius 1 is 1.11 bits per heavy atom. The van der Waals surface area contributed by atoms with E-state index < -0.39 is 17.5 Å². The molecular formula is C26H27F3N4O3S. The summed E-state index contributed by atoms with van der Waals surface area (Å²) in [5, 5.41) is 12.3. The van der Waals surface area contributed by atoms with Gasteiger partial charge in [-0.25, -0.2) is 9.78 Å². The monoisotopic (exact) mass is 532 g/mol. The van der Waals surface area contributed by atoms with Gasteiger partial charge in [-0.3, -0.25) is 4.79 Å². The summed E-state index contributed by atoms with van der Waals surface area (Å²) in [6.45, 7) is 1.58. The predicted octanol–water partition coefficient (Wildman–Crippen LogP) is 4.57. The van der Waals surface area contributed by atoms with Crippen molar-refractivity contribution in [3.63, 3.8) is 0 Å². The molecule has 11 heteroatoms. The first-order valence-corrected chi connectivity index (χ1v) is 12.7. The smallest absolute Gasteiger partial charge is 0.446 e. The van der Waals surface area contributed by atoms with Gasteiger partial charge in [-0.1, -0.05) is 36.4 Å². The standard InChI is InChI=1S/C26H27F3N4O3S/c27-26(28,29)37-22-8-4-7-21(14-22)33-11-9-19(10-12-33)24(34)31-23(25(35)36)13-20-16-32(17-30-20)15-18-5-2-1-3-6-18/h1-8,14,16-17,19,23H,9-13,15H2,(H,31,34)(H,35,36). The highest BCUT2D eigenvalue weighted by molar-refractivity contribution is 8.00. The molecule has 1 aromatic heterocycles. The van der Waals surface area contributed by atoms with Gasteiger partial charge in [-0.15, -0.1) is 0 Å². The van der Waals surface area contributed by atoms with Gasteiger partial charge < -0.3 is 19.9 Å². The number of alkyl halides is 3. The quantitative estimate of drug-likeness (QED) is 0.393. The van der Waals surface area contributed by atoms with Crippen LogP contribution in [0.3, 0.4) is 0 Å². The average molecular weight is 533 g/mol. The molecule has 1 saturated heterocycles. The van der Waals surface area contributed by atoms with Gasteiger partial charge in [0.1, 0.15) is 6.04 Å². The first kappa shape index (κ1) is 26.6. The number of aliphatic carboxylic acids is 1. The Hall–Kier alpha value is -3.47. The summed E-state index contributed by atoms with van der Waals surface area (Å²) in [6, 6.07) is 14.9. The second kappa shape index (κ2) is 11.7. The number of carbonyl (C=O) groups excluding carboxylic acids is 1. The van der Waals surface area contributed by atoms with Gasteiger partial charge in [0.15, 0.2) is 0 Å². The fraction of sp³-hybridized carbons (Fsp3) is 0.346. The third kappa shape index (κ3) is 7.75. The fourth-order valence-electron chi connectivity index (χ4n) is 4.37. The molecule has 0 radical (unpaired) electrons. The minimum Gasteiger partial charge on any atom is -0.480 e. The third-order valence-corrected chi connectivity index (χ3v) is 6.93. The van der Waals surface area contributed by atoms with Crippen LogP contribution in [0.2, 0.25) is 0 Å². The van der Waals surface area contributed by atoms with Crippen LogP contribution in [0.25, 0.3) is 0 Å². The molecule has 1 unspecified atom stereocenters. The number of benzene rings is 2. The van der Waals surface area contributed by atoms with E-state index in [4.69, 9.17) is 0 Å². The molecule has 7 nitrogen and oxygen atoms in total. The summed E-state index contributed by atoms with van der Waals surface area (Å²) in [5.74, 6) is -1.85. The summed E-state index contributed by atoms with van der Waals surface area (Å²) in [4.78, 5) is 31.1. The summed E-state index contributed by atoms with van der Waals surface area (Å²) >= 11 is -0.157. The van der Waals surface area contributed by atoms with Crippen LogP contribution in [0.5, 0.6) is 0 Å². The molecule has 1 aliphatic rings. The van der Waals surface area contributed by atoms with Crippen molar-refractivity contribution in [3.05, 3.63) is 78.4 Å². The number of nitrogens with one attached hydrogen (secondary N) is 1. The van der Waals surface area contributed by atoms with Crippen molar-refractivity contribution in [1.29, 1.82) is 0 Å². The van der Waals surface area contributed by atoms with Crippen molar-refractivity contribution < 1.29 is 27.9 Å². The Bertz CT molecular complexity index is 1210. The Labute approximate surface area is 216 Å². The lowest BCUT2D eigenvalue weighted by atomic mass is 9.95. The molecule has 4 rings (SSSR count). The van der Waals surface area contributed by atoms with Crippen molar-refractivity contribution in [2.75, 3.05) is 18.0 Å². The number of aromatic nitrogens is 2. The number of piperidine rings is 1. The van der Waals surface area contributed by atoms with Crippen LogP contribution in [-0.4, -0.2) is 51.2 Å². The van der Waals surface area contributed by atoms with E-state index in [1.165, 1.54) is 12.1 Å². The maximum Gasteiger partial charge on any atom is 0.446 e. The van der Waals surface area contributed by atoms with Gasteiger partial charge >= 0.3 is 11.5 Å². The number of hydrogen-bond acceptors (Lipinski definition) is 5. The van der Waals surface area contributed by atoms with Gasteiger partial charge in [-0.05, 0) is 48.4 Å². The molecule has 3 aromatic rings. The highest BCUT2D eigenvalue weighted by Crippen LogP contribution is 2.38. The molecule has 196 valence electrons. The number of rotatable bonds is 9. The molecule has 0 aliphatic carbocycles. The van der Waals surface area contributed by atoms with Crippen LogP contribution in [0, 0.1) is 5.92 Å². The van der Waals surface area contributed by atoms with E-state index in [1.54, 1.807) is 24.7 Å². The lowest BCUT2D eigenvalue weighted by molar-refractivity contribution is -0.142. The van der Waals surface area contributed by atoms with E-state index in [9.17, 15) is 27.9 Å². The van der Waals surface area contributed by atoms with Gasteiger partial charge in [0, 0.05) is 48.8 Å². The van der Waals surface area contributed by atoms with Crippen LogP contribution in [0.15, 0.2) is 72.0 Å². The number of halogens is 3. The molecule has 0 bridgehead atoms. The molecule has 1 fully saturated rings. The maximum atomic E-state index is 12.9. The Morgan fingerprint density at radius 2 is 1.84 bits per heavy atom. The number of thioether (sulfide) groups is 1. The Morgan fingerprint density at radius 3 is 2.51 bits per heavy atom. The molecular weight excluding hydrogens is 505 g/mol. The summed E-state index contributed by atoms with van der Waals surface area (Å²) in [5.41, 5.74) is -2.03. The van der Waals surface area contributed by atoms with Crippen LogP contribution >= 0.6 is 11.8 Å². The molecule has 2 N–H and O–H groups in total. The summed E-state index contributed by atoms with van der Waals surface area (Å²) in [7, 11) is 0. The van der Waals surface area contributed by atoms with E-state index in [2.05, 4.69) is 10.3 Å². The van der Waals surface area contributed by atoms with Crippen LogP contribution < -0.4 is 10.2 Å². The minimum absolute atomic E-state index is 0.0609. The van der Waals surface area contributed by atoms with Crippen molar-refractivity contribution >= 4 is 29.3 Å². The molecule has 2 aromatic carbocycles. The van der Waals surface area contributed by atoms with Crippen LogP contribution in [0.4, 0.5) is 18.9 Å². The number of carboxylic acid groups (broad SMARTS) is 1. The molecule has 1 atom stereocenters. The topological polar surface area (TPSA) is 87.5 Å². The first-order valence-electron chi connectivity index (χ1n) is 11.8. The molecule has 37 heavy (non-hydrogen) atoms. The van der Waals surface area contributed by atoms with Crippen molar-refractivity contribution in [3.8, 4) is 0 Å². The fourth-order valence-corrected chi connectivity index (χ4v) is 4.96. The van der Waals surface area contributed by atoms with Crippen molar-refractivity contribution in [2.45, 2.75) is 42.3 Å². The Kier molecular flexibility index (Phi) is 8.42. The second-order valence-electron chi connectivity index (χ2n) is 8.93. The Balaban J connectivity index is 1.30. The number of hydrogen-bond donors (Lipinski definition) is 2. The maximum absolute atomic E-state index is 12.9. The number of nitrogens with zero attached hydrogens (tertiary/aromatic N) is 3. The number of imidazole rings is 1. The number of amides is 1. The van der Waals surface area contributed by atoms with E-state index >= 15 is 0 Å². The van der Waals surface area contributed by atoms with Crippen LogP contribution in [-0.2, 0) is 22.6 Å². The molecule has 0 saturated carbocycles. The molecule has 1 aliphatic heterocycles. The van der Waals surface area contributed by atoms with E-state index in [1.807, 2.05) is 39.8 Å². The zero-order chi connectivity index (χ0) is 26.4. The molecule has 0 spiro atoms. The highest BCUT2D eigenvalue weighted by atomic mass is 32.2. The van der Waals surface area contributed by atoms with Gasteiger partial charge in [-0.2, -0.15) is 13.2 Å². The van der Waals surface area contributed by atoms with E-state index in [0.29, 0.717) is 43.9 Å². The van der Waals surface area contributed by atoms with Crippen LogP contribution in [0.1, 0.15) is 24.1 Å². The number of carboxylic acids is 1. The van der Waals surface area contributed by atoms with Crippen molar-refractivity contribution in [2.24, 2.45) is 5.92 Å².